The van der Waals surface area contributed by atoms with Gasteiger partial charge in [-0.25, -0.2) is 0 Å². The second-order valence-corrected chi connectivity index (χ2v) is 6.29. The molecule has 0 heterocycles. The van der Waals surface area contributed by atoms with E-state index in [0.717, 1.165) is 17.9 Å². The van der Waals surface area contributed by atoms with Gasteiger partial charge in [0.15, 0.2) is 11.5 Å². The third-order valence-corrected chi connectivity index (χ3v) is 5.96. The predicted molar refractivity (Wildman–Crippen MR) is 88.6 cm³/mol. The molecule has 0 atom stereocenters. The van der Waals surface area contributed by atoms with Crippen LogP contribution in [0.2, 0.25) is 0 Å². The normalized spacial score (nSPS) is 10.0. The summed E-state index contributed by atoms with van der Waals surface area (Å²) >= 11 is 13.9. The zero-order valence-corrected chi connectivity index (χ0v) is 15.7. The molecule has 0 radical (unpaired) electrons. The molecule has 0 bridgehead atoms. The van der Waals surface area contributed by atoms with Gasteiger partial charge in [0, 0.05) is 0 Å². The first-order valence-electron chi connectivity index (χ1n) is 4.87. The largest absolute Gasteiger partial charge is 0.487 e. The molecule has 0 aliphatic carbocycles. The molecule has 0 unspecified atom stereocenters. The fourth-order valence-electron chi connectivity index (χ4n) is 1.13. The van der Waals surface area contributed by atoms with E-state index in [0.29, 0.717) is 24.7 Å². The van der Waals surface area contributed by atoms with E-state index in [1.54, 1.807) is 12.2 Å². The standard InChI is InChI=1S/C12H10Br4O2/c1-3-5-17-11-7(13)9(15)12(18-6-4-2)10(16)8(11)14/h3-4H,1-2,5-6H2. The lowest BCUT2D eigenvalue weighted by atomic mass is 10.3. The summed E-state index contributed by atoms with van der Waals surface area (Å²) in [4.78, 5) is 0. The smallest absolute Gasteiger partial charge is 0.150 e. The third kappa shape index (κ3) is 3.62. The Hall–Kier alpha value is 0.220. The lowest BCUT2D eigenvalue weighted by Gasteiger charge is -2.16. The lowest BCUT2D eigenvalue weighted by Crippen LogP contribution is -2.00. The first kappa shape index (κ1) is 16.3. The Morgan fingerprint density at radius 1 is 0.722 bits per heavy atom. The van der Waals surface area contributed by atoms with Gasteiger partial charge in [-0.2, -0.15) is 0 Å². The molecule has 0 N–H and O–H groups in total. The van der Waals surface area contributed by atoms with Crippen LogP contribution in [0.1, 0.15) is 0 Å². The number of hydrogen-bond donors (Lipinski definition) is 0. The maximum absolute atomic E-state index is 5.59. The molecule has 0 spiro atoms. The van der Waals surface area contributed by atoms with Gasteiger partial charge in [0.2, 0.25) is 0 Å². The highest BCUT2D eigenvalue weighted by atomic mass is 79.9. The SMILES string of the molecule is C=CCOc1c(Br)c(Br)c(OCC=C)c(Br)c1Br. The van der Waals surface area contributed by atoms with Gasteiger partial charge >= 0.3 is 0 Å². The van der Waals surface area contributed by atoms with E-state index in [9.17, 15) is 0 Å². The lowest BCUT2D eigenvalue weighted by molar-refractivity contribution is 0.345. The van der Waals surface area contributed by atoms with Gasteiger partial charge in [0.05, 0.1) is 17.9 Å². The maximum atomic E-state index is 5.59. The number of hydrogen-bond acceptors (Lipinski definition) is 2. The van der Waals surface area contributed by atoms with Crippen molar-refractivity contribution < 1.29 is 9.47 Å². The van der Waals surface area contributed by atoms with Gasteiger partial charge < -0.3 is 9.47 Å². The van der Waals surface area contributed by atoms with Crippen LogP contribution in [0.3, 0.4) is 0 Å². The Labute approximate surface area is 140 Å². The molecule has 0 aliphatic heterocycles. The summed E-state index contributed by atoms with van der Waals surface area (Å²) in [5, 5.41) is 0. The van der Waals surface area contributed by atoms with E-state index in [1.807, 2.05) is 0 Å². The summed E-state index contributed by atoms with van der Waals surface area (Å²) in [6.45, 7) is 8.09. The van der Waals surface area contributed by atoms with E-state index in [4.69, 9.17) is 9.47 Å². The minimum atomic E-state index is 0.420. The van der Waals surface area contributed by atoms with Crippen LogP contribution in [0, 0.1) is 0 Å². The molecule has 0 saturated carbocycles. The summed E-state index contributed by atoms with van der Waals surface area (Å²) in [7, 11) is 0. The molecule has 0 aromatic heterocycles. The topological polar surface area (TPSA) is 18.5 Å². The Morgan fingerprint density at radius 3 is 1.22 bits per heavy atom. The number of halogens is 4. The highest BCUT2D eigenvalue weighted by Gasteiger charge is 2.21. The fourth-order valence-corrected chi connectivity index (χ4v) is 3.63. The number of benzene rings is 1. The Balaban J connectivity index is 3.25. The van der Waals surface area contributed by atoms with Crippen molar-refractivity contribution in [2.45, 2.75) is 0 Å². The second-order valence-electron chi connectivity index (χ2n) is 3.11. The average molecular weight is 506 g/mol. The van der Waals surface area contributed by atoms with Gasteiger partial charge in [-0.1, -0.05) is 25.3 Å². The Kier molecular flexibility index (Phi) is 6.98. The molecule has 0 amide bonds. The van der Waals surface area contributed by atoms with Crippen LogP contribution in [0.4, 0.5) is 0 Å². The van der Waals surface area contributed by atoms with Gasteiger partial charge in [-0.05, 0) is 63.7 Å². The molecule has 98 valence electrons. The molecule has 0 saturated heterocycles. The molecule has 2 nitrogen and oxygen atoms in total. The summed E-state index contributed by atoms with van der Waals surface area (Å²) in [5.74, 6) is 1.36. The molecule has 1 rings (SSSR count). The predicted octanol–water partition coefficient (Wildman–Crippen LogP) is 5.87. The average Bonchev–Trinajstić information content (AvgIpc) is 2.37. The van der Waals surface area contributed by atoms with Crippen LogP contribution in [0.25, 0.3) is 0 Å². The molecule has 6 heteroatoms. The van der Waals surface area contributed by atoms with Gasteiger partial charge in [-0.3, -0.25) is 0 Å². The van der Waals surface area contributed by atoms with Crippen molar-refractivity contribution in [3.8, 4) is 11.5 Å². The third-order valence-electron chi connectivity index (χ3n) is 1.87. The van der Waals surface area contributed by atoms with Crippen molar-refractivity contribution >= 4 is 63.7 Å². The molecule has 1 aromatic rings. The van der Waals surface area contributed by atoms with Gasteiger partial charge in [0.25, 0.3) is 0 Å². The minimum absolute atomic E-state index is 0.420. The van der Waals surface area contributed by atoms with Crippen molar-refractivity contribution in [1.82, 2.24) is 0 Å². The minimum Gasteiger partial charge on any atom is -0.487 e. The number of rotatable bonds is 6. The molecule has 18 heavy (non-hydrogen) atoms. The van der Waals surface area contributed by atoms with Crippen LogP contribution in [0.15, 0.2) is 43.2 Å². The maximum Gasteiger partial charge on any atom is 0.150 e. The molecule has 0 aliphatic rings. The van der Waals surface area contributed by atoms with Gasteiger partial charge in [-0.15, -0.1) is 0 Å². The first-order chi connectivity index (χ1) is 8.54. The molecule has 1 aromatic carbocycles. The zero-order chi connectivity index (χ0) is 13.7. The van der Waals surface area contributed by atoms with E-state index in [1.165, 1.54) is 0 Å². The number of ether oxygens (including phenoxy) is 2. The van der Waals surface area contributed by atoms with Crippen LogP contribution >= 0.6 is 63.7 Å². The highest BCUT2D eigenvalue weighted by Crippen LogP contribution is 2.50. The van der Waals surface area contributed by atoms with E-state index in [-0.39, 0.29) is 0 Å². The van der Waals surface area contributed by atoms with Gasteiger partial charge in [0.1, 0.15) is 13.2 Å². The fraction of sp³-hybridized carbons (Fsp3) is 0.167. The Morgan fingerprint density at radius 2 is 1.00 bits per heavy atom. The molecular formula is C12H10Br4O2. The van der Waals surface area contributed by atoms with E-state index < -0.39 is 0 Å². The van der Waals surface area contributed by atoms with Crippen molar-refractivity contribution in [3.05, 3.63) is 43.2 Å². The van der Waals surface area contributed by atoms with Crippen molar-refractivity contribution in [2.24, 2.45) is 0 Å². The summed E-state index contributed by atoms with van der Waals surface area (Å²) in [5.41, 5.74) is 0. The quantitative estimate of drug-likeness (QED) is 0.356. The van der Waals surface area contributed by atoms with Crippen LogP contribution in [0.5, 0.6) is 11.5 Å². The van der Waals surface area contributed by atoms with Crippen molar-refractivity contribution in [3.63, 3.8) is 0 Å². The van der Waals surface area contributed by atoms with Crippen LogP contribution in [-0.4, -0.2) is 13.2 Å². The second kappa shape index (κ2) is 7.72. The zero-order valence-electron chi connectivity index (χ0n) is 9.31. The van der Waals surface area contributed by atoms with Crippen molar-refractivity contribution in [2.75, 3.05) is 13.2 Å². The van der Waals surface area contributed by atoms with Crippen LogP contribution < -0.4 is 9.47 Å². The van der Waals surface area contributed by atoms with E-state index in [2.05, 4.69) is 76.9 Å². The van der Waals surface area contributed by atoms with E-state index >= 15 is 0 Å². The Bertz CT molecular complexity index is 400. The molecular weight excluding hydrogens is 496 g/mol. The summed E-state index contributed by atoms with van der Waals surface area (Å²) in [6.07, 6.45) is 3.37. The first-order valence-corrected chi connectivity index (χ1v) is 8.05. The van der Waals surface area contributed by atoms with Crippen molar-refractivity contribution in [1.29, 1.82) is 0 Å². The summed E-state index contributed by atoms with van der Waals surface area (Å²) in [6, 6.07) is 0. The monoisotopic (exact) mass is 502 g/mol. The highest BCUT2D eigenvalue weighted by molar-refractivity contribution is 9.14. The molecule has 0 fully saturated rings. The summed E-state index contributed by atoms with van der Waals surface area (Å²) < 4.78 is 14.3. The van der Waals surface area contributed by atoms with Crippen LogP contribution in [-0.2, 0) is 0 Å².